The lowest BCUT2D eigenvalue weighted by Gasteiger charge is -2.22. The fourth-order valence-corrected chi connectivity index (χ4v) is 1.81. The van der Waals surface area contributed by atoms with Crippen molar-refractivity contribution in [1.29, 1.82) is 0 Å². The molecular weight excluding hydrogens is 238 g/mol. The molecule has 0 aliphatic carbocycles. The van der Waals surface area contributed by atoms with Crippen LogP contribution in [0.5, 0.6) is 0 Å². The van der Waals surface area contributed by atoms with E-state index in [1.807, 2.05) is 14.0 Å². The Morgan fingerprint density at radius 3 is 2.58 bits per heavy atom. The molecule has 1 aromatic rings. The maximum absolute atomic E-state index is 5.30. The molecule has 0 saturated carbocycles. The number of hydrogen-bond donors (Lipinski definition) is 1. The number of aliphatic imine (C=N–C) groups is 1. The van der Waals surface area contributed by atoms with Crippen molar-refractivity contribution in [3.05, 3.63) is 35.4 Å². The van der Waals surface area contributed by atoms with Crippen molar-refractivity contribution in [3.8, 4) is 0 Å². The van der Waals surface area contributed by atoms with Gasteiger partial charge in [-0.05, 0) is 19.4 Å². The van der Waals surface area contributed by atoms with Gasteiger partial charge in [0, 0.05) is 33.8 Å². The van der Waals surface area contributed by atoms with E-state index in [-0.39, 0.29) is 0 Å². The largest absolute Gasteiger partial charge is 0.380 e. The van der Waals surface area contributed by atoms with Crippen LogP contribution in [0.4, 0.5) is 0 Å². The van der Waals surface area contributed by atoms with Crippen molar-refractivity contribution in [2.75, 3.05) is 33.9 Å². The molecule has 0 aromatic heterocycles. The number of aryl methyl sites for hydroxylation is 1. The normalized spacial score (nSPS) is 11.5. The minimum absolute atomic E-state index is 0.702. The first-order valence-corrected chi connectivity index (χ1v) is 6.72. The van der Waals surface area contributed by atoms with E-state index in [0.717, 1.165) is 25.7 Å². The molecule has 0 radical (unpaired) electrons. The second kappa shape index (κ2) is 8.53. The molecule has 19 heavy (non-hydrogen) atoms. The number of rotatable bonds is 6. The summed E-state index contributed by atoms with van der Waals surface area (Å²) >= 11 is 0. The highest BCUT2D eigenvalue weighted by Gasteiger charge is 2.05. The maximum atomic E-state index is 5.30. The summed E-state index contributed by atoms with van der Waals surface area (Å²) in [5.74, 6) is 0.889. The number of hydrogen-bond acceptors (Lipinski definition) is 2. The van der Waals surface area contributed by atoms with Gasteiger partial charge in [-0.3, -0.25) is 4.99 Å². The van der Waals surface area contributed by atoms with Gasteiger partial charge in [-0.1, -0.05) is 29.8 Å². The zero-order chi connectivity index (χ0) is 14.1. The van der Waals surface area contributed by atoms with E-state index in [9.17, 15) is 0 Å². The summed E-state index contributed by atoms with van der Waals surface area (Å²) in [7, 11) is 3.84. The predicted octanol–water partition coefficient (Wildman–Crippen LogP) is 2.04. The van der Waals surface area contributed by atoms with Gasteiger partial charge in [-0.25, -0.2) is 0 Å². The first kappa shape index (κ1) is 15.5. The van der Waals surface area contributed by atoms with Crippen molar-refractivity contribution in [2.45, 2.75) is 20.4 Å². The third-order valence-electron chi connectivity index (χ3n) is 2.85. The molecule has 1 N–H and O–H groups in total. The Morgan fingerprint density at radius 1 is 1.32 bits per heavy atom. The van der Waals surface area contributed by atoms with E-state index in [2.05, 4.69) is 46.4 Å². The number of nitrogens with zero attached hydrogens (tertiary/aromatic N) is 2. The molecule has 1 aromatic carbocycles. The smallest absolute Gasteiger partial charge is 0.193 e. The van der Waals surface area contributed by atoms with Crippen LogP contribution in [0.25, 0.3) is 0 Å². The lowest BCUT2D eigenvalue weighted by atomic mass is 10.1. The molecule has 0 atom stereocenters. The molecule has 0 aliphatic heterocycles. The number of nitrogens with one attached hydrogen (secondary N) is 1. The molecule has 0 amide bonds. The summed E-state index contributed by atoms with van der Waals surface area (Å²) in [6.45, 7) is 7.17. The highest BCUT2D eigenvalue weighted by atomic mass is 16.5. The SMILES string of the molecule is CCOCCNC(=NC)N(C)Cc1ccc(C)cc1. The van der Waals surface area contributed by atoms with Gasteiger partial charge >= 0.3 is 0 Å². The van der Waals surface area contributed by atoms with E-state index in [4.69, 9.17) is 4.74 Å². The molecule has 0 saturated heterocycles. The van der Waals surface area contributed by atoms with Gasteiger partial charge in [0.1, 0.15) is 0 Å². The summed E-state index contributed by atoms with van der Waals surface area (Å²) in [5, 5.41) is 3.29. The minimum Gasteiger partial charge on any atom is -0.380 e. The van der Waals surface area contributed by atoms with Crippen LogP contribution < -0.4 is 5.32 Å². The average Bonchev–Trinajstić information content (AvgIpc) is 2.41. The molecule has 0 unspecified atom stereocenters. The topological polar surface area (TPSA) is 36.9 Å². The Labute approximate surface area is 116 Å². The molecule has 1 rings (SSSR count). The van der Waals surface area contributed by atoms with Crippen molar-refractivity contribution in [3.63, 3.8) is 0 Å². The maximum Gasteiger partial charge on any atom is 0.193 e. The first-order chi connectivity index (χ1) is 9.17. The number of ether oxygens (including phenoxy) is 1. The molecule has 106 valence electrons. The Balaban J connectivity index is 2.45. The van der Waals surface area contributed by atoms with Crippen LogP contribution in [0.3, 0.4) is 0 Å². The van der Waals surface area contributed by atoms with Gasteiger partial charge < -0.3 is 15.0 Å². The van der Waals surface area contributed by atoms with Crippen molar-refractivity contribution < 1.29 is 4.74 Å². The Hall–Kier alpha value is -1.55. The molecule has 4 heteroatoms. The van der Waals surface area contributed by atoms with Crippen LogP contribution in [-0.4, -0.2) is 44.7 Å². The quantitative estimate of drug-likeness (QED) is 0.485. The Morgan fingerprint density at radius 2 is 2.00 bits per heavy atom. The summed E-state index contributed by atoms with van der Waals surface area (Å²) < 4.78 is 5.30. The van der Waals surface area contributed by atoms with Crippen LogP contribution in [0, 0.1) is 6.92 Å². The molecule has 0 fully saturated rings. The van der Waals surface area contributed by atoms with Crippen molar-refractivity contribution in [2.24, 2.45) is 4.99 Å². The van der Waals surface area contributed by atoms with E-state index in [1.54, 1.807) is 7.05 Å². The fraction of sp³-hybridized carbons (Fsp3) is 0.533. The van der Waals surface area contributed by atoms with Crippen LogP contribution in [-0.2, 0) is 11.3 Å². The minimum atomic E-state index is 0.702. The molecule has 0 spiro atoms. The third-order valence-corrected chi connectivity index (χ3v) is 2.85. The lowest BCUT2D eigenvalue weighted by molar-refractivity contribution is 0.152. The van der Waals surface area contributed by atoms with Crippen LogP contribution >= 0.6 is 0 Å². The third kappa shape index (κ3) is 5.75. The zero-order valence-corrected chi connectivity index (χ0v) is 12.4. The fourth-order valence-electron chi connectivity index (χ4n) is 1.81. The summed E-state index contributed by atoms with van der Waals surface area (Å²) in [4.78, 5) is 6.38. The summed E-state index contributed by atoms with van der Waals surface area (Å²) in [6, 6.07) is 8.57. The van der Waals surface area contributed by atoms with Crippen LogP contribution in [0.15, 0.2) is 29.3 Å². The first-order valence-electron chi connectivity index (χ1n) is 6.72. The predicted molar refractivity (Wildman–Crippen MR) is 80.5 cm³/mol. The standard InChI is InChI=1S/C15H25N3O/c1-5-19-11-10-17-15(16-3)18(4)12-14-8-6-13(2)7-9-14/h6-9H,5,10-12H2,1-4H3,(H,16,17). The van der Waals surface area contributed by atoms with E-state index >= 15 is 0 Å². The van der Waals surface area contributed by atoms with Crippen molar-refractivity contribution >= 4 is 5.96 Å². The summed E-state index contributed by atoms with van der Waals surface area (Å²) in [6.07, 6.45) is 0. The highest BCUT2D eigenvalue weighted by Crippen LogP contribution is 2.05. The molecule has 4 nitrogen and oxygen atoms in total. The van der Waals surface area contributed by atoms with Gasteiger partial charge in [0.15, 0.2) is 5.96 Å². The second-order valence-corrected chi connectivity index (χ2v) is 4.51. The van der Waals surface area contributed by atoms with Crippen molar-refractivity contribution in [1.82, 2.24) is 10.2 Å². The van der Waals surface area contributed by atoms with E-state index in [0.29, 0.717) is 6.61 Å². The van der Waals surface area contributed by atoms with Crippen LogP contribution in [0.2, 0.25) is 0 Å². The second-order valence-electron chi connectivity index (χ2n) is 4.51. The number of benzene rings is 1. The number of guanidine groups is 1. The van der Waals surface area contributed by atoms with Crippen LogP contribution in [0.1, 0.15) is 18.1 Å². The lowest BCUT2D eigenvalue weighted by Crippen LogP contribution is -2.39. The zero-order valence-electron chi connectivity index (χ0n) is 12.4. The van der Waals surface area contributed by atoms with Gasteiger partial charge in [-0.15, -0.1) is 0 Å². The summed E-state index contributed by atoms with van der Waals surface area (Å²) in [5.41, 5.74) is 2.56. The van der Waals surface area contributed by atoms with Gasteiger partial charge in [0.05, 0.1) is 6.61 Å². The van der Waals surface area contributed by atoms with Gasteiger partial charge in [0.2, 0.25) is 0 Å². The highest BCUT2D eigenvalue weighted by molar-refractivity contribution is 5.79. The van der Waals surface area contributed by atoms with Gasteiger partial charge in [0.25, 0.3) is 0 Å². The Kier molecular flexibility index (Phi) is 6.97. The molecule has 0 bridgehead atoms. The molecule has 0 heterocycles. The molecule has 0 aliphatic rings. The van der Waals surface area contributed by atoms with E-state index < -0.39 is 0 Å². The van der Waals surface area contributed by atoms with Gasteiger partial charge in [-0.2, -0.15) is 0 Å². The Bertz CT molecular complexity index is 387. The van der Waals surface area contributed by atoms with E-state index in [1.165, 1.54) is 11.1 Å². The average molecular weight is 263 g/mol. The monoisotopic (exact) mass is 263 g/mol. The molecular formula is C15H25N3O.